The van der Waals surface area contributed by atoms with Crippen LogP contribution in [0.25, 0.3) is 0 Å². The molecule has 0 aromatic carbocycles. The zero-order chi connectivity index (χ0) is 32.6. The van der Waals surface area contributed by atoms with Crippen molar-refractivity contribution in [1.29, 1.82) is 0 Å². The maximum absolute atomic E-state index is 15.1. The molecular weight excluding hydrogens is 552 g/mol. The molecule has 2 rings (SSSR count). The van der Waals surface area contributed by atoms with E-state index in [-0.39, 0.29) is 11.8 Å². The highest BCUT2D eigenvalue weighted by Gasteiger charge is 2.57. The maximum atomic E-state index is 15.1. The molecular formula is C42H78O3. The number of hydrogen-bond acceptors (Lipinski definition) is 3. The predicted molar refractivity (Wildman–Crippen MR) is 194 cm³/mol. The second-order valence-electron chi connectivity index (χ2n) is 15.7. The maximum Gasteiger partial charge on any atom is 0.149 e. The van der Waals surface area contributed by atoms with Gasteiger partial charge in [0.25, 0.3) is 0 Å². The lowest BCUT2D eigenvalue weighted by molar-refractivity contribution is -0.171. The number of Topliss-reactive ketones (excluding diaryl/α,β-unsaturated/α-hetero) is 2. The molecule has 45 heavy (non-hydrogen) atoms. The lowest BCUT2D eigenvalue weighted by Gasteiger charge is -2.51. The Balaban J connectivity index is 2.26. The first kappa shape index (κ1) is 40.5. The van der Waals surface area contributed by atoms with Gasteiger partial charge in [0.1, 0.15) is 11.6 Å². The van der Waals surface area contributed by atoms with E-state index in [0.717, 1.165) is 64.2 Å². The molecule has 3 nitrogen and oxygen atoms in total. The molecule has 4 unspecified atom stereocenters. The van der Waals surface area contributed by atoms with Crippen LogP contribution in [0.4, 0.5) is 0 Å². The van der Waals surface area contributed by atoms with Gasteiger partial charge in [-0.05, 0) is 38.5 Å². The fourth-order valence-electron chi connectivity index (χ4n) is 8.81. The van der Waals surface area contributed by atoms with Gasteiger partial charge in [0.15, 0.2) is 0 Å². The molecule has 1 saturated carbocycles. The van der Waals surface area contributed by atoms with Crippen molar-refractivity contribution in [3.8, 4) is 0 Å². The lowest BCUT2D eigenvalue weighted by atomic mass is 9.55. The molecule has 0 amide bonds. The Morgan fingerprint density at radius 3 is 1.13 bits per heavy atom. The summed E-state index contributed by atoms with van der Waals surface area (Å²) in [4.78, 5) is 29.7. The number of hydrogen-bond donors (Lipinski definition) is 0. The Bertz CT molecular complexity index is 703. The molecule has 2 bridgehead atoms. The van der Waals surface area contributed by atoms with Crippen LogP contribution in [0.1, 0.15) is 220 Å². The normalized spacial score (nSPS) is 25.4. The van der Waals surface area contributed by atoms with E-state index in [1.165, 1.54) is 128 Å². The number of ketones is 2. The average Bonchev–Trinajstić information content (AvgIpc) is 3.04. The van der Waals surface area contributed by atoms with E-state index < -0.39 is 10.8 Å². The summed E-state index contributed by atoms with van der Waals surface area (Å²) in [6, 6.07) is 0. The molecule has 1 aliphatic heterocycles. The number of rotatable bonds is 28. The molecule has 4 atom stereocenters. The Hall–Kier alpha value is -0.700. The molecule has 0 aromatic heterocycles. The Labute approximate surface area is 281 Å². The van der Waals surface area contributed by atoms with E-state index in [1.54, 1.807) is 0 Å². The molecule has 0 radical (unpaired) electrons. The van der Waals surface area contributed by atoms with Crippen LogP contribution in [-0.2, 0) is 14.3 Å². The van der Waals surface area contributed by atoms with Gasteiger partial charge < -0.3 is 4.74 Å². The third-order valence-electron chi connectivity index (χ3n) is 11.6. The summed E-state index contributed by atoms with van der Waals surface area (Å²) in [5.41, 5.74) is -0.891. The van der Waals surface area contributed by atoms with E-state index in [4.69, 9.17) is 4.74 Å². The van der Waals surface area contributed by atoms with Crippen molar-refractivity contribution >= 4 is 11.6 Å². The fraction of sp³-hybridized carbons (Fsp3) is 0.952. The van der Waals surface area contributed by atoms with E-state index in [2.05, 4.69) is 27.7 Å². The zero-order valence-corrected chi connectivity index (χ0v) is 31.0. The summed E-state index contributed by atoms with van der Waals surface area (Å²) in [5.74, 6) is 1.14. The molecule has 0 N–H and O–H groups in total. The third-order valence-corrected chi connectivity index (χ3v) is 11.6. The minimum absolute atomic E-state index is 0.0408. The van der Waals surface area contributed by atoms with Crippen LogP contribution in [0.3, 0.4) is 0 Å². The van der Waals surface area contributed by atoms with E-state index in [1.807, 2.05) is 0 Å². The van der Waals surface area contributed by atoms with Crippen molar-refractivity contribution in [1.82, 2.24) is 0 Å². The fourth-order valence-corrected chi connectivity index (χ4v) is 8.81. The third kappa shape index (κ3) is 14.5. The second kappa shape index (κ2) is 24.4. The van der Waals surface area contributed by atoms with E-state index in [9.17, 15) is 4.79 Å². The second-order valence-corrected chi connectivity index (χ2v) is 15.7. The van der Waals surface area contributed by atoms with Crippen LogP contribution in [0.2, 0.25) is 0 Å². The summed E-state index contributed by atoms with van der Waals surface area (Å²) in [6.07, 6.45) is 35.3. The molecule has 2 fully saturated rings. The topological polar surface area (TPSA) is 43.4 Å². The number of fused-ring (bicyclic) bond motifs is 2. The highest BCUT2D eigenvalue weighted by molar-refractivity contribution is 5.94. The standard InChI is InChI=1S/C42H78O3/c1-5-9-13-17-21-25-29-37-33-41(31-27-23-19-15-11-7-3)35-45-36-42(40(41)44,32-28-24-20-16-12-8-4)34-38(39(37)43)30-26-22-18-14-10-6-2/h37-38H,5-36H2,1-4H3. The predicted octanol–water partition coefficient (Wildman–Crippen LogP) is 13.2. The summed E-state index contributed by atoms with van der Waals surface area (Å²) >= 11 is 0. The molecule has 1 aliphatic carbocycles. The highest BCUT2D eigenvalue weighted by atomic mass is 16.5. The number of carbonyl (C=O) groups excluding carboxylic acids is 2. The Morgan fingerprint density at radius 1 is 0.467 bits per heavy atom. The van der Waals surface area contributed by atoms with Crippen molar-refractivity contribution in [2.24, 2.45) is 22.7 Å². The highest BCUT2D eigenvalue weighted by Crippen LogP contribution is 2.52. The smallest absolute Gasteiger partial charge is 0.149 e. The van der Waals surface area contributed by atoms with E-state index in [0.29, 0.717) is 24.8 Å². The van der Waals surface area contributed by atoms with Gasteiger partial charge in [-0.1, -0.05) is 182 Å². The summed E-state index contributed by atoms with van der Waals surface area (Å²) in [5, 5.41) is 0. The zero-order valence-electron chi connectivity index (χ0n) is 31.0. The van der Waals surface area contributed by atoms with Gasteiger partial charge in [-0.2, -0.15) is 0 Å². The van der Waals surface area contributed by atoms with Gasteiger partial charge >= 0.3 is 0 Å². The summed E-state index contributed by atoms with van der Waals surface area (Å²) in [6.45, 7) is 10.2. The molecule has 3 heteroatoms. The van der Waals surface area contributed by atoms with Crippen molar-refractivity contribution < 1.29 is 14.3 Å². The number of carbonyl (C=O) groups is 2. The first-order valence-corrected chi connectivity index (χ1v) is 20.6. The minimum Gasteiger partial charge on any atom is -0.379 e. The van der Waals surface area contributed by atoms with Gasteiger partial charge in [-0.25, -0.2) is 0 Å². The molecule has 2 aliphatic rings. The Morgan fingerprint density at radius 2 is 0.778 bits per heavy atom. The van der Waals surface area contributed by atoms with Crippen LogP contribution >= 0.6 is 0 Å². The molecule has 0 spiro atoms. The molecule has 1 saturated heterocycles. The van der Waals surface area contributed by atoms with E-state index >= 15 is 4.79 Å². The first-order chi connectivity index (χ1) is 22.0. The van der Waals surface area contributed by atoms with Crippen molar-refractivity contribution in [2.75, 3.05) is 13.2 Å². The van der Waals surface area contributed by atoms with Crippen LogP contribution in [0.5, 0.6) is 0 Å². The summed E-state index contributed by atoms with van der Waals surface area (Å²) in [7, 11) is 0. The summed E-state index contributed by atoms with van der Waals surface area (Å²) < 4.78 is 6.58. The number of unbranched alkanes of at least 4 members (excludes halogenated alkanes) is 20. The molecule has 264 valence electrons. The minimum atomic E-state index is -0.446. The van der Waals surface area contributed by atoms with Gasteiger partial charge in [0.2, 0.25) is 0 Å². The van der Waals surface area contributed by atoms with Gasteiger partial charge in [-0.15, -0.1) is 0 Å². The first-order valence-electron chi connectivity index (χ1n) is 20.6. The largest absolute Gasteiger partial charge is 0.379 e. The molecule has 0 aromatic rings. The SMILES string of the molecule is CCCCCCCCC1CC2(CCCCCCCC)COCC(CCCCCCCC)(CC(CCCCCCCC)C1=O)C2=O. The van der Waals surface area contributed by atoms with Crippen LogP contribution in [-0.4, -0.2) is 24.8 Å². The van der Waals surface area contributed by atoms with Crippen LogP contribution < -0.4 is 0 Å². The van der Waals surface area contributed by atoms with Crippen molar-refractivity contribution in [3.05, 3.63) is 0 Å². The van der Waals surface area contributed by atoms with Crippen molar-refractivity contribution in [3.63, 3.8) is 0 Å². The van der Waals surface area contributed by atoms with Gasteiger partial charge in [0, 0.05) is 11.8 Å². The Kier molecular flexibility index (Phi) is 22.0. The van der Waals surface area contributed by atoms with Gasteiger partial charge in [0.05, 0.1) is 24.0 Å². The number of ether oxygens (including phenoxy) is 1. The monoisotopic (exact) mass is 631 g/mol. The lowest BCUT2D eigenvalue weighted by Crippen LogP contribution is -2.57. The van der Waals surface area contributed by atoms with Crippen LogP contribution in [0.15, 0.2) is 0 Å². The molecule has 1 heterocycles. The van der Waals surface area contributed by atoms with Gasteiger partial charge in [-0.3, -0.25) is 9.59 Å². The average molecular weight is 631 g/mol. The van der Waals surface area contributed by atoms with Crippen molar-refractivity contribution in [2.45, 2.75) is 220 Å². The quantitative estimate of drug-likeness (QED) is 0.0808. The van der Waals surface area contributed by atoms with Crippen LogP contribution in [0, 0.1) is 22.7 Å².